The van der Waals surface area contributed by atoms with Crippen molar-refractivity contribution < 1.29 is 18.0 Å². The van der Waals surface area contributed by atoms with Crippen molar-refractivity contribution >= 4 is 27.5 Å². The minimum Gasteiger partial charge on any atom is -0.354 e. The number of benzene rings is 3. The first-order valence-corrected chi connectivity index (χ1v) is 14.9. The number of nitrogens with one attached hydrogen (secondary N) is 1. The maximum Gasteiger partial charge on any atom is 0.264 e. The Labute approximate surface area is 232 Å². The Kier molecular flexibility index (Phi) is 10.7. The first-order valence-electron chi connectivity index (χ1n) is 13.4. The normalized spacial score (nSPS) is 12.0. The van der Waals surface area contributed by atoms with Gasteiger partial charge in [0.15, 0.2) is 0 Å². The molecule has 3 aromatic carbocycles. The number of amides is 2. The summed E-state index contributed by atoms with van der Waals surface area (Å²) in [6.07, 6.45) is 1.72. The highest BCUT2D eigenvalue weighted by atomic mass is 32.2. The molecule has 0 bridgehead atoms. The zero-order valence-electron chi connectivity index (χ0n) is 23.3. The number of hydrogen-bond donors (Lipinski definition) is 1. The third-order valence-corrected chi connectivity index (χ3v) is 8.44. The van der Waals surface area contributed by atoms with E-state index < -0.39 is 28.5 Å². The second kappa shape index (κ2) is 13.9. The van der Waals surface area contributed by atoms with Crippen molar-refractivity contribution in [3.8, 4) is 0 Å². The van der Waals surface area contributed by atoms with Crippen LogP contribution in [0.15, 0.2) is 83.8 Å². The largest absolute Gasteiger partial charge is 0.354 e. The summed E-state index contributed by atoms with van der Waals surface area (Å²) in [5.74, 6) is -0.658. The van der Waals surface area contributed by atoms with Gasteiger partial charge in [-0.15, -0.1) is 0 Å². The molecule has 39 heavy (non-hydrogen) atoms. The van der Waals surface area contributed by atoms with Crippen LogP contribution in [0.4, 0.5) is 5.69 Å². The second-order valence-electron chi connectivity index (χ2n) is 9.65. The predicted octanol–water partition coefficient (Wildman–Crippen LogP) is 4.87. The molecule has 0 aliphatic carbocycles. The van der Waals surface area contributed by atoms with Gasteiger partial charge >= 0.3 is 0 Å². The van der Waals surface area contributed by atoms with Crippen LogP contribution in [0.2, 0.25) is 0 Å². The van der Waals surface area contributed by atoms with E-state index in [-0.39, 0.29) is 17.3 Å². The average molecular weight is 550 g/mol. The lowest BCUT2D eigenvalue weighted by atomic mass is 10.1. The van der Waals surface area contributed by atoms with Crippen molar-refractivity contribution in [1.29, 1.82) is 0 Å². The van der Waals surface area contributed by atoms with Crippen LogP contribution >= 0.6 is 0 Å². The molecule has 1 N–H and O–H groups in total. The van der Waals surface area contributed by atoms with Gasteiger partial charge < -0.3 is 10.2 Å². The maximum absolute atomic E-state index is 14.0. The molecule has 0 saturated heterocycles. The van der Waals surface area contributed by atoms with Crippen molar-refractivity contribution in [2.24, 2.45) is 0 Å². The maximum atomic E-state index is 14.0. The van der Waals surface area contributed by atoms with E-state index in [4.69, 9.17) is 0 Å². The lowest BCUT2D eigenvalue weighted by Crippen LogP contribution is -2.53. The molecule has 2 amide bonds. The van der Waals surface area contributed by atoms with E-state index in [1.165, 1.54) is 21.3 Å². The van der Waals surface area contributed by atoms with Gasteiger partial charge in [-0.1, -0.05) is 74.5 Å². The van der Waals surface area contributed by atoms with E-state index >= 15 is 0 Å². The van der Waals surface area contributed by atoms with Gasteiger partial charge in [-0.3, -0.25) is 13.9 Å². The molecular weight excluding hydrogens is 510 g/mol. The first kappa shape index (κ1) is 29.9. The number of carbonyl (C=O) groups is 2. The molecule has 3 aromatic rings. The molecule has 7 nitrogen and oxygen atoms in total. The lowest BCUT2D eigenvalue weighted by Gasteiger charge is -2.33. The molecule has 0 saturated carbocycles. The standard InChI is InChI=1S/C31H39N3O4S/c1-5-20-32-31(36)28(6-2)33(21-19-26-13-9-7-10-14-26)30(35)23-34(29-22-24(3)17-18-25(29)4)39(37,38)27-15-11-8-12-16-27/h7-18,22,28H,5-6,19-21,23H2,1-4H3,(H,32,36)/t28-/m1/s1. The fourth-order valence-electron chi connectivity index (χ4n) is 4.48. The molecular formula is C31H39N3O4S. The Hall–Kier alpha value is -3.65. The number of rotatable bonds is 13. The molecule has 0 unspecified atom stereocenters. The van der Waals surface area contributed by atoms with Crippen LogP contribution in [0.5, 0.6) is 0 Å². The summed E-state index contributed by atoms with van der Waals surface area (Å²) < 4.78 is 29.0. The van der Waals surface area contributed by atoms with Crippen molar-refractivity contribution in [3.63, 3.8) is 0 Å². The van der Waals surface area contributed by atoms with E-state index in [2.05, 4.69) is 5.32 Å². The molecule has 0 aromatic heterocycles. The summed E-state index contributed by atoms with van der Waals surface area (Å²) in [4.78, 5) is 28.8. The molecule has 0 aliphatic rings. The fourth-order valence-corrected chi connectivity index (χ4v) is 5.97. The van der Waals surface area contributed by atoms with Crippen LogP contribution in [-0.4, -0.2) is 50.8 Å². The summed E-state index contributed by atoms with van der Waals surface area (Å²) in [7, 11) is -4.07. The van der Waals surface area contributed by atoms with Gasteiger partial charge in [-0.2, -0.15) is 0 Å². The molecule has 208 valence electrons. The second-order valence-corrected chi connectivity index (χ2v) is 11.5. The molecule has 0 aliphatic heterocycles. The van der Waals surface area contributed by atoms with Gasteiger partial charge in [0.1, 0.15) is 12.6 Å². The summed E-state index contributed by atoms with van der Waals surface area (Å²) in [5.41, 5.74) is 3.08. The van der Waals surface area contributed by atoms with Gasteiger partial charge in [0.2, 0.25) is 11.8 Å². The van der Waals surface area contributed by atoms with E-state index in [1.54, 1.807) is 24.3 Å². The van der Waals surface area contributed by atoms with E-state index in [0.29, 0.717) is 25.1 Å². The highest BCUT2D eigenvalue weighted by Crippen LogP contribution is 2.28. The van der Waals surface area contributed by atoms with Crippen molar-refractivity contribution in [1.82, 2.24) is 10.2 Å². The number of carbonyl (C=O) groups excluding carboxylic acids is 2. The Morgan fingerprint density at radius 1 is 0.897 bits per heavy atom. The predicted molar refractivity (Wildman–Crippen MR) is 156 cm³/mol. The quantitative estimate of drug-likeness (QED) is 0.329. The van der Waals surface area contributed by atoms with Crippen molar-refractivity contribution in [2.45, 2.75) is 57.9 Å². The summed E-state index contributed by atoms with van der Waals surface area (Å²) in [5, 5.41) is 2.91. The number of hydrogen-bond acceptors (Lipinski definition) is 4. The molecule has 0 radical (unpaired) electrons. The van der Waals surface area contributed by atoms with Gasteiger partial charge in [0.05, 0.1) is 10.6 Å². The third-order valence-electron chi connectivity index (χ3n) is 6.66. The van der Waals surface area contributed by atoms with Gasteiger partial charge in [-0.05, 0) is 68.0 Å². The van der Waals surface area contributed by atoms with Crippen LogP contribution in [-0.2, 0) is 26.0 Å². The van der Waals surface area contributed by atoms with Crippen LogP contribution in [0.25, 0.3) is 0 Å². The van der Waals surface area contributed by atoms with Crippen molar-refractivity contribution in [3.05, 3.63) is 95.6 Å². The Balaban J connectivity index is 2.02. The van der Waals surface area contributed by atoms with Crippen LogP contribution in [0.1, 0.15) is 43.4 Å². The van der Waals surface area contributed by atoms with Gasteiger partial charge in [0, 0.05) is 13.1 Å². The van der Waals surface area contributed by atoms with Crippen molar-refractivity contribution in [2.75, 3.05) is 23.9 Å². The number of sulfonamides is 1. The lowest BCUT2D eigenvalue weighted by molar-refractivity contribution is -0.139. The molecule has 0 heterocycles. The summed E-state index contributed by atoms with van der Waals surface area (Å²) in [6, 6.07) is 22.7. The Morgan fingerprint density at radius 3 is 2.15 bits per heavy atom. The number of nitrogens with zero attached hydrogens (tertiary/aromatic N) is 2. The summed E-state index contributed by atoms with van der Waals surface area (Å²) >= 11 is 0. The Bertz CT molecular complexity index is 1340. The highest BCUT2D eigenvalue weighted by molar-refractivity contribution is 7.92. The molecule has 0 spiro atoms. The topological polar surface area (TPSA) is 86.8 Å². The van der Waals surface area contributed by atoms with Crippen LogP contribution in [0.3, 0.4) is 0 Å². The Morgan fingerprint density at radius 2 is 1.54 bits per heavy atom. The van der Waals surface area contributed by atoms with E-state index in [9.17, 15) is 18.0 Å². The molecule has 3 rings (SSSR count). The fraction of sp³-hybridized carbons (Fsp3) is 0.355. The summed E-state index contributed by atoms with van der Waals surface area (Å²) in [6.45, 7) is 7.91. The number of aryl methyl sites for hydroxylation is 2. The first-order chi connectivity index (χ1) is 18.7. The molecule has 0 fully saturated rings. The zero-order chi connectivity index (χ0) is 28.4. The number of anilines is 1. The minimum absolute atomic E-state index is 0.0993. The molecule has 8 heteroatoms. The zero-order valence-corrected chi connectivity index (χ0v) is 24.1. The monoisotopic (exact) mass is 549 g/mol. The SMILES string of the molecule is CCCNC(=O)[C@@H](CC)N(CCc1ccccc1)C(=O)CN(c1cc(C)ccc1C)S(=O)(=O)c1ccccc1. The minimum atomic E-state index is -4.07. The van der Waals surface area contributed by atoms with E-state index in [1.807, 2.05) is 70.2 Å². The third kappa shape index (κ3) is 7.69. The van der Waals surface area contributed by atoms with E-state index in [0.717, 1.165) is 23.1 Å². The highest BCUT2D eigenvalue weighted by Gasteiger charge is 2.33. The average Bonchev–Trinajstić information content (AvgIpc) is 2.94. The van der Waals surface area contributed by atoms with Gasteiger partial charge in [0.25, 0.3) is 10.0 Å². The van der Waals surface area contributed by atoms with Gasteiger partial charge in [-0.25, -0.2) is 8.42 Å². The molecule has 1 atom stereocenters. The smallest absolute Gasteiger partial charge is 0.264 e. The van der Waals surface area contributed by atoms with Crippen LogP contribution < -0.4 is 9.62 Å². The van der Waals surface area contributed by atoms with Crippen LogP contribution in [0, 0.1) is 13.8 Å².